The molecular weight excluding hydrogens is 288 g/mol. The molecule has 0 saturated carbocycles. The molecule has 0 aliphatic carbocycles. The molecule has 0 aliphatic heterocycles. The molecule has 2 aromatic rings. The second-order valence-electron chi connectivity index (χ2n) is 3.79. The monoisotopic (exact) mass is 296 g/mol. The van der Waals surface area contributed by atoms with Crippen LogP contribution in [0.2, 0.25) is 5.02 Å². The maximum absolute atomic E-state index is 11.2. The van der Waals surface area contributed by atoms with Crippen molar-refractivity contribution in [2.45, 2.75) is 6.54 Å². The highest BCUT2D eigenvalue weighted by Gasteiger charge is 2.16. The fourth-order valence-electron chi connectivity index (χ4n) is 1.59. The van der Waals surface area contributed by atoms with Crippen LogP contribution in [0.4, 0.5) is 5.69 Å². The van der Waals surface area contributed by atoms with Crippen molar-refractivity contribution in [1.29, 1.82) is 0 Å². The Morgan fingerprint density at radius 3 is 2.95 bits per heavy atom. The lowest BCUT2D eigenvalue weighted by Gasteiger charge is -2.03. The van der Waals surface area contributed by atoms with Crippen LogP contribution in [0.1, 0.15) is 16.2 Å². The smallest absolute Gasteiger partial charge is 0.377 e. The van der Waals surface area contributed by atoms with Gasteiger partial charge in [0, 0.05) is 11.1 Å². The Kier molecular flexibility index (Phi) is 3.94. The Morgan fingerprint density at radius 2 is 2.30 bits per heavy atom. The zero-order chi connectivity index (χ0) is 14.7. The third kappa shape index (κ3) is 2.91. The first-order valence-corrected chi connectivity index (χ1v) is 5.79. The van der Waals surface area contributed by atoms with E-state index in [0.717, 1.165) is 0 Å². The van der Waals surface area contributed by atoms with Gasteiger partial charge in [-0.15, -0.1) is 5.10 Å². The fraction of sp³-hybridized carbons (Fsp3) is 0.182. The van der Waals surface area contributed by atoms with Crippen LogP contribution in [-0.4, -0.2) is 32.8 Å². The normalized spacial score (nSPS) is 10.3. The number of nitro benzene ring substituents is 1. The van der Waals surface area contributed by atoms with Crippen molar-refractivity contribution in [2.24, 2.45) is 0 Å². The number of hydrogen-bond donors (Lipinski definition) is 0. The van der Waals surface area contributed by atoms with E-state index in [4.69, 9.17) is 11.6 Å². The highest BCUT2D eigenvalue weighted by atomic mass is 35.5. The number of benzene rings is 1. The summed E-state index contributed by atoms with van der Waals surface area (Å²) in [6.45, 7) is 0.0703. The molecule has 0 N–H and O–H groups in total. The second-order valence-corrected chi connectivity index (χ2v) is 4.22. The number of nitro groups is 1. The topological polar surface area (TPSA) is 100 Å². The van der Waals surface area contributed by atoms with Crippen LogP contribution in [0, 0.1) is 10.1 Å². The molecule has 0 amide bonds. The predicted octanol–water partition coefficient (Wildman–Crippen LogP) is 1.67. The molecule has 2 rings (SSSR count). The van der Waals surface area contributed by atoms with Gasteiger partial charge in [-0.3, -0.25) is 10.1 Å². The lowest BCUT2D eigenvalue weighted by atomic mass is 10.2. The number of nitrogens with zero attached hydrogens (tertiary/aromatic N) is 4. The third-order valence-corrected chi connectivity index (χ3v) is 2.71. The molecule has 0 fully saturated rings. The minimum absolute atomic E-state index is 0.0703. The van der Waals surface area contributed by atoms with Gasteiger partial charge in [0.25, 0.3) is 11.5 Å². The number of carbonyl (C=O) groups is 1. The van der Waals surface area contributed by atoms with E-state index < -0.39 is 10.9 Å². The molecule has 9 heteroatoms. The quantitative estimate of drug-likeness (QED) is 0.483. The second kappa shape index (κ2) is 5.66. The molecule has 0 saturated heterocycles. The highest BCUT2D eigenvalue weighted by molar-refractivity contribution is 6.30. The van der Waals surface area contributed by atoms with Gasteiger partial charge in [0.1, 0.15) is 6.33 Å². The summed E-state index contributed by atoms with van der Waals surface area (Å²) in [5.74, 6) is -0.790. The van der Waals surface area contributed by atoms with E-state index in [9.17, 15) is 14.9 Å². The molecular formula is C11H9ClN4O4. The van der Waals surface area contributed by atoms with Gasteiger partial charge in [-0.25, -0.2) is 14.5 Å². The predicted molar refractivity (Wildman–Crippen MR) is 68.6 cm³/mol. The first-order valence-electron chi connectivity index (χ1n) is 5.42. The SMILES string of the molecule is COC(=O)c1ncn(Cc2cc(Cl)ccc2[N+](=O)[O-])n1. The van der Waals surface area contributed by atoms with Gasteiger partial charge in [0.05, 0.1) is 24.1 Å². The lowest BCUT2D eigenvalue weighted by molar-refractivity contribution is -0.385. The molecule has 0 spiro atoms. The fourth-order valence-corrected chi connectivity index (χ4v) is 1.78. The van der Waals surface area contributed by atoms with Gasteiger partial charge in [0.15, 0.2) is 0 Å². The zero-order valence-electron chi connectivity index (χ0n) is 10.3. The van der Waals surface area contributed by atoms with Crippen molar-refractivity contribution in [1.82, 2.24) is 14.8 Å². The van der Waals surface area contributed by atoms with Gasteiger partial charge in [-0.2, -0.15) is 0 Å². The Labute approximate surface area is 118 Å². The molecule has 104 valence electrons. The van der Waals surface area contributed by atoms with Crippen LogP contribution in [0.25, 0.3) is 0 Å². The van der Waals surface area contributed by atoms with Gasteiger partial charge >= 0.3 is 5.97 Å². The first kappa shape index (κ1) is 13.9. The summed E-state index contributed by atoms with van der Waals surface area (Å²) in [4.78, 5) is 25.4. The van der Waals surface area contributed by atoms with E-state index in [1.54, 1.807) is 0 Å². The Morgan fingerprint density at radius 1 is 1.55 bits per heavy atom. The van der Waals surface area contributed by atoms with Gasteiger partial charge < -0.3 is 4.74 Å². The summed E-state index contributed by atoms with van der Waals surface area (Å²) in [7, 11) is 1.21. The van der Waals surface area contributed by atoms with Crippen LogP contribution in [0.3, 0.4) is 0 Å². The minimum atomic E-state index is -0.677. The number of hydrogen-bond acceptors (Lipinski definition) is 6. The van der Waals surface area contributed by atoms with E-state index in [0.29, 0.717) is 10.6 Å². The van der Waals surface area contributed by atoms with Crippen molar-refractivity contribution in [2.75, 3.05) is 7.11 Å². The minimum Gasteiger partial charge on any atom is -0.463 e. The number of methoxy groups -OCH3 is 1. The van der Waals surface area contributed by atoms with E-state index in [2.05, 4.69) is 14.8 Å². The molecule has 1 heterocycles. The molecule has 20 heavy (non-hydrogen) atoms. The molecule has 0 bridgehead atoms. The summed E-state index contributed by atoms with van der Waals surface area (Å²) in [6.07, 6.45) is 1.29. The van der Waals surface area contributed by atoms with Crippen LogP contribution >= 0.6 is 11.6 Å². The molecule has 1 aromatic carbocycles. The molecule has 0 atom stereocenters. The van der Waals surface area contributed by atoms with Crippen LogP contribution in [0.15, 0.2) is 24.5 Å². The molecule has 0 unspecified atom stereocenters. The largest absolute Gasteiger partial charge is 0.463 e. The van der Waals surface area contributed by atoms with Gasteiger partial charge in [-0.1, -0.05) is 11.6 Å². The number of aromatic nitrogens is 3. The summed E-state index contributed by atoms with van der Waals surface area (Å²) in [6, 6.07) is 4.22. The molecule has 0 aliphatic rings. The first-order chi connectivity index (χ1) is 9.51. The number of carbonyl (C=O) groups excluding carboxylic acids is 1. The lowest BCUT2D eigenvalue weighted by Crippen LogP contribution is -2.07. The summed E-state index contributed by atoms with van der Waals surface area (Å²) in [5, 5.41) is 15.2. The summed E-state index contributed by atoms with van der Waals surface area (Å²) in [5.41, 5.74) is 0.285. The van der Waals surface area contributed by atoms with Crippen molar-refractivity contribution in [3.8, 4) is 0 Å². The average molecular weight is 297 g/mol. The number of ether oxygens (including phenoxy) is 1. The number of rotatable bonds is 4. The molecule has 1 aromatic heterocycles. The van der Waals surface area contributed by atoms with E-state index in [1.807, 2.05) is 0 Å². The standard InChI is InChI=1S/C11H9ClN4O4/c1-20-11(17)10-13-6-15(14-10)5-7-4-8(12)2-3-9(7)16(18)19/h2-4,6H,5H2,1H3. The maximum atomic E-state index is 11.2. The Balaban J connectivity index is 2.30. The van der Waals surface area contributed by atoms with Gasteiger partial charge in [0.2, 0.25) is 0 Å². The number of esters is 1. The summed E-state index contributed by atoms with van der Waals surface area (Å²) >= 11 is 5.82. The van der Waals surface area contributed by atoms with Crippen molar-refractivity contribution >= 4 is 23.3 Å². The highest BCUT2D eigenvalue weighted by Crippen LogP contribution is 2.23. The zero-order valence-corrected chi connectivity index (χ0v) is 11.1. The van der Waals surface area contributed by atoms with Crippen molar-refractivity contribution in [3.63, 3.8) is 0 Å². The van der Waals surface area contributed by atoms with E-state index >= 15 is 0 Å². The summed E-state index contributed by atoms with van der Waals surface area (Å²) < 4.78 is 5.77. The Bertz CT molecular complexity index is 670. The van der Waals surface area contributed by atoms with Gasteiger partial charge in [-0.05, 0) is 12.1 Å². The van der Waals surface area contributed by atoms with Crippen LogP contribution in [0.5, 0.6) is 0 Å². The third-order valence-electron chi connectivity index (χ3n) is 2.48. The van der Waals surface area contributed by atoms with Crippen LogP contribution < -0.4 is 0 Å². The number of halogens is 1. The van der Waals surface area contributed by atoms with Crippen molar-refractivity contribution < 1.29 is 14.5 Å². The molecule has 8 nitrogen and oxygen atoms in total. The maximum Gasteiger partial charge on any atom is 0.377 e. The van der Waals surface area contributed by atoms with E-state index in [-0.39, 0.29) is 18.1 Å². The molecule has 0 radical (unpaired) electrons. The van der Waals surface area contributed by atoms with Crippen LogP contribution in [-0.2, 0) is 11.3 Å². The Hall–Kier alpha value is -2.48. The average Bonchev–Trinajstić information content (AvgIpc) is 2.86. The van der Waals surface area contributed by atoms with Crippen molar-refractivity contribution in [3.05, 3.63) is 51.1 Å². The van der Waals surface area contributed by atoms with E-state index in [1.165, 1.54) is 36.3 Å².